The van der Waals surface area contributed by atoms with Crippen molar-refractivity contribution < 1.29 is 0 Å². The molecule has 0 aromatic heterocycles. The molecule has 0 nitrogen and oxygen atoms in total. The van der Waals surface area contributed by atoms with Crippen LogP contribution in [0.3, 0.4) is 0 Å². The molecule has 0 saturated heterocycles. The van der Waals surface area contributed by atoms with Crippen molar-refractivity contribution in [3.63, 3.8) is 0 Å². The molecule has 3 radical (unpaired) electrons. The Hall–Kier alpha value is -0.303. The van der Waals surface area contributed by atoms with E-state index in [1.807, 2.05) is 0 Å². The van der Waals surface area contributed by atoms with Crippen molar-refractivity contribution in [2.45, 2.75) is 31.2 Å². The first kappa shape index (κ1) is 6.41. The topological polar surface area (TPSA) is 0 Å². The monoisotopic (exact) mass is 147 g/mol. The highest BCUT2D eigenvalue weighted by Crippen LogP contribution is 2.37. The third-order valence-electron chi connectivity index (χ3n) is 2.42. The molecule has 1 unspecified atom stereocenters. The molecule has 2 aliphatic carbocycles. The highest BCUT2D eigenvalue weighted by Gasteiger charge is 2.18. The molecule has 0 fully saturated rings. The van der Waals surface area contributed by atoms with Crippen LogP contribution in [0.1, 0.15) is 25.7 Å². The largest absolute Gasteiger partial charge is 0.0806 e. The Bertz CT molecular complexity index is 201. The molecule has 0 amide bonds. The van der Waals surface area contributed by atoms with E-state index in [-0.39, 0.29) is 0 Å². The molecule has 0 aromatic rings. The molecule has 10 heavy (non-hydrogen) atoms. The highest BCUT2D eigenvalue weighted by molar-refractivity contribution is 6.15. The van der Waals surface area contributed by atoms with Crippen molar-refractivity contribution in [2.24, 2.45) is 0 Å². The smallest absolute Gasteiger partial charge is 0.0383 e. The SMILES string of the molecule is [Si]C1C=CC2=C1CCCC2. The lowest BCUT2D eigenvalue weighted by Crippen LogP contribution is -1.98. The Morgan fingerprint density at radius 3 is 2.90 bits per heavy atom. The van der Waals surface area contributed by atoms with Crippen molar-refractivity contribution in [3.8, 4) is 0 Å². The van der Waals surface area contributed by atoms with Gasteiger partial charge in [-0.2, -0.15) is 0 Å². The van der Waals surface area contributed by atoms with Gasteiger partial charge in [0.25, 0.3) is 0 Å². The van der Waals surface area contributed by atoms with E-state index >= 15 is 0 Å². The summed E-state index contributed by atoms with van der Waals surface area (Å²) in [5, 5.41) is 0. The lowest BCUT2D eigenvalue weighted by atomic mass is 9.94. The van der Waals surface area contributed by atoms with Gasteiger partial charge in [-0.1, -0.05) is 17.7 Å². The van der Waals surface area contributed by atoms with Gasteiger partial charge in [-0.25, -0.2) is 0 Å². The first-order valence-electron chi connectivity index (χ1n) is 3.99. The minimum absolute atomic E-state index is 0.565. The van der Waals surface area contributed by atoms with Crippen LogP contribution in [0.25, 0.3) is 0 Å². The Kier molecular flexibility index (Phi) is 1.53. The van der Waals surface area contributed by atoms with Gasteiger partial charge < -0.3 is 0 Å². The van der Waals surface area contributed by atoms with Gasteiger partial charge in [-0.05, 0) is 36.8 Å². The van der Waals surface area contributed by atoms with E-state index in [1.165, 1.54) is 25.7 Å². The fourth-order valence-electron chi connectivity index (χ4n) is 1.83. The van der Waals surface area contributed by atoms with Gasteiger partial charge in [0.15, 0.2) is 0 Å². The Labute approximate surface area is 65.4 Å². The van der Waals surface area contributed by atoms with Gasteiger partial charge in [0, 0.05) is 10.2 Å². The third kappa shape index (κ3) is 0.890. The van der Waals surface area contributed by atoms with E-state index in [0.29, 0.717) is 5.54 Å². The summed E-state index contributed by atoms with van der Waals surface area (Å²) in [6.07, 6.45) is 9.95. The zero-order valence-corrected chi connectivity index (χ0v) is 7.06. The van der Waals surface area contributed by atoms with Crippen LogP contribution in [0, 0.1) is 0 Å². The second kappa shape index (κ2) is 2.39. The summed E-state index contributed by atoms with van der Waals surface area (Å²) < 4.78 is 0. The molecule has 0 aromatic carbocycles. The van der Waals surface area contributed by atoms with Crippen LogP contribution in [0.15, 0.2) is 23.3 Å². The van der Waals surface area contributed by atoms with E-state index in [4.69, 9.17) is 0 Å². The van der Waals surface area contributed by atoms with Crippen molar-refractivity contribution in [3.05, 3.63) is 23.3 Å². The van der Waals surface area contributed by atoms with Crippen molar-refractivity contribution in [1.29, 1.82) is 0 Å². The lowest BCUT2D eigenvalue weighted by Gasteiger charge is -2.16. The minimum Gasteiger partial charge on any atom is -0.0806 e. The molecule has 51 valence electrons. The molecule has 0 spiro atoms. The van der Waals surface area contributed by atoms with Crippen LogP contribution in [-0.4, -0.2) is 10.2 Å². The first-order valence-corrected chi connectivity index (χ1v) is 4.57. The van der Waals surface area contributed by atoms with E-state index in [2.05, 4.69) is 22.4 Å². The van der Waals surface area contributed by atoms with Gasteiger partial charge in [0.1, 0.15) is 0 Å². The zero-order valence-electron chi connectivity index (χ0n) is 6.06. The molecule has 2 rings (SSSR count). The highest BCUT2D eigenvalue weighted by atomic mass is 28.1. The van der Waals surface area contributed by atoms with Crippen LogP contribution < -0.4 is 0 Å². The number of hydrogen-bond acceptors (Lipinski definition) is 0. The molecule has 2 aliphatic rings. The molecule has 0 aliphatic heterocycles. The van der Waals surface area contributed by atoms with Crippen LogP contribution in [-0.2, 0) is 0 Å². The van der Waals surface area contributed by atoms with Gasteiger partial charge in [-0.15, -0.1) is 0 Å². The lowest BCUT2D eigenvalue weighted by molar-refractivity contribution is 0.681. The first-order chi connectivity index (χ1) is 4.88. The van der Waals surface area contributed by atoms with Crippen molar-refractivity contribution >= 4 is 10.2 Å². The Balaban J connectivity index is 2.27. The van der Waals surface area contributed by atoms with Crippen LogP contribution in [0.5, 0.6) is 0 Å². The van der Waals surface area contributed by atoms with Gasteiger partial charge >= 0.3 is 0 Å². The van der Waals surface area contributed by atoms with E-state index < -0.39 is 0 Å². The number of allylic oxidation sites excluding steroid dienone is 4. The quantitative estimate of drug-likeness (QED) is 0.461. The summed E-state index contributed by atoms with van der Waals surface area (Å²) in [4.78, 5) is 0. The van der Waals surface area contributed by atoms with Crippen molar-refractivity contribution in [1.82, 2.24) is 0 Å². The summed E-state index contributed by atoms with van der Waals surface area (Å²) in [5.41, 5.74) is 3.81. The molecular weight excluding hydrogens is 136 g/mol. The fraction of sp³-hybridized carbons (Fsp3) is 0.556. The maximum atomic E-state index is 3.68. The zero-order chi connectivity index (χ0) is 6.97. The Morgan fingerprint density at radius 2 is 2.10 bits per heavy atom. The summed E-state index contributed by atoms with van der Waals surface area (Å²) in [7, 11) is 3.68. The molecule has 0 heterocycles. The average Bonchev–Trinajstić information content (AvgIpc) is 2.34. The molecule has 0 N–H and O–H groups in total. The van der Waals surface area contributed by atoms with E-state index in [0.717, 1.165) is 0 Å². The Morgan fingerprint density at radius 1 is 1.30 bits per heavy atom. The summed E-state index contributed by atoms with van der Waals surface area (Å²) in [5.74, 6) is 0. The normalized spacial score (nSPS) is 31.1. The molecule has 1 heteroatoms. The summed E-state index contributed by atoms with van der Waals surface area (Å²) in [6.45, 7) is 0. The third-order valence-corrected chi connectivity index (χ3v) is 2.96. The molecule has 0 saturated carbocycles. The molecular formula is C9H11Si. The second-order valence-electron chi connectivity index (χ2n) is 3.09. The van der Waals surface area contributed by atoms with Crippen molar-refractivity contribution in [2.75, 3.05) is 0 Å². The van der Waals surface area contributed by atoms with Crippen LogP contribution in [0.4, 0.5) is 0 Å². The average molecular weight is 147 g/mol. The summed E-state index contributed by atoms with van der Waals surface area (Å²) >= 11 is 0. The van der Waals surface area contributed by atoms with Gasteiger partial charge in [0.2, 0.25) is 0 Å². The maximum absolute atomic E-state index is 3.68. The van der Waals surface area contributed by atoms with E-state index in [9.17, 15) is 0 Å². The second-order valence-corrected chi connectivity index (χ2v) is 3.72. The molecule has 0 bridgehead atoms. The van der Waals surface area contributed by atoms with Crippen LogP contribution >= 0.6 is 0 Å². The predicted molar refractivity (Wildman–Crippen MR) is 44.1 cm³/mol. The van der Waals surface area contributed by atoms with Crippen LogP contribution in [0.2, 0.25) is 5.54 Å². The maximum Gasteiger partial charge on any atom is 0.0383 e. The summed E-state index contributed by atoms with van der Waals surface area (Å²) in [6, 6.07) is 0. The van der Waals surface area contributed by atoms with Gasteiger partial charge in [-0.3, -0.25) is 0 Å². The number of rotatable bonds is 0. The number of hydrogen-bond donors (Lipinski definition) is 0. The van der Waals surface area contributed by atoms with Gasteiger partial charge in [0.05, 0.1) is 0 Å². The van der Waals surface area contributed by atoms with E-state index in [1.54, 1.807) is 11.1 Å². The predicted octanol–water partition coefficient (Wildman–Crippen LogP) is 2.38. The minimum atomic E-state index is 0.565. The molecule has 1 atom stereocenters. The fourth-order valence-corrected chi connectivity index (χ4v) is 2.25. The standard InChI is InChI=1S/C9H11Si/c10-9-6-5-7-3-1-2-4-8(7)9/h5-6,9H,1-4H2.